The number of amides is 2. The van der Waals surface area contributed by atoms with E-state index in [0.717, 1.165) is 35.7 Å². The molecule has 2 amide bonds. The van der Waals surface area contributed by atoms with Gasteiger partial charge in [-0.25, -0.2) is 4.90 Å². The van der Waals surface area contributed by atoms with Crippen LogP contribution in [-0.4, -0.2) is 11.8 Å². The molecule has 0 radical (unpaired) electrons. The summed E-state index contributed by atoms with van der Waals surface area (Å²) in [6.45, 7) is 1.90. The molecule has 3 rings (SSSR count). The van der Waals surface area contributed by atoms with Crippen molar-refractivity contribution in [1.82, 2.24) is 0 Å². The number of halogens is 1. The number of anilines is 2. The number of hydrogen-bond donors (Lipinski definition) is 1. The lowest BCUT2D eigenvalue weighted by Gasteiger charge is -2.19. The number of benzene rings is 1. The third-order valence-corrected chi connectivity index (χ3v) is 5.05. The Kier molecular flexibility index (Phi) is 3.32. The average Bonchev–Trinajstić information content (AvgIpc) is 2.68. The lowest BCUT2D eigenvalue weighted by Crippen LogP contribution is -2.31. The zero-order chi connectivity index (χ0) is 14.4. The summed E-state index contributed by atoms with van der Waals surface area (Å²) < 4.78 is 0.740. The fourth-order valence-electron chi connectivity index (χ4n) is 3.25. The number of hydrogen-bond acceptors (Lipinski definition) is 3. The van der Waals surface area contributed by atoms with E-state index in [1.54, 1.807) is 6.07 Å². The van der Waals surface area contributed by atoms with Gasteiger partial charge in [-0.3, -0.25) is 9.59 Å². The number of nitrogens with zero attached hydrogens (tertiary/aromatic N) is 1. The molecule has 1 aromatic rings. The van der Waals surface area contributed by atoms with Crippen LogP contribution in [0.25, 0.3) is 0 Å². The number of carbonyl (C=O) groups is 2. The molecule has 2 aliphatic rings. The lowest BCUT2D eigenvalue weighted by atomic mass is 9.81. The van der Waals surface area contributed by atoms with Crippen molar-refractivity contribution in [3.05, 3.63) is 22.2 Å². The first kappa shape index (κ1) is 13.6. The minimum Gasteiger partial charge on any atom is -0.398 e. The third-order valence-electron chi connectivity index (χ3n) is 4.42. The average molecular weight is 337 g/mol. The van der Waals surface area contributed by atoms with E-state index in [9.17, 15) is 9.59 Å². The van der Waals surface area contributed by atoms with Gasteiger partial charge < -0.3 is 5.73 Å². The van der Waals surface area contributed by atoms with Gasteiger partial charge in [-0.15, -0.1) is 0 Å². The number of rotatable bonds is 1. The van der Waals surface area contributed by atoms with E-state index in [-0.39, 0.29) is 23.7 Å². The van der Waals surface area contributed by atoms with Gasteiger partial charge in [-0.1, -0.05) is 12.8 Å². The van der Waals surface area contributed by atoms with E-state index < -0.39 is 0 Å². The maximum Gasteiger partial charge on any atom is 0.237 e. The molecule has 5 heteroatoms. The topological polar surface area (TPSA) is 63.4 Å². The number of carbonyl (C=O) groups excluding carboxylic acids is 2. The summed E-state index contributed by atoms with van der Waals surface area (Å²) in [6.07, 6.45) is 3.71. The molecule has 0 spiro atoms. The number of imide groups is 1. The molecule has 1 saturated carbocycles. The molecule has 20 heavy (non-hydrogen) atoms. The van der Waals surface area contributed by atoms with Crippen molar-refractivity contribution in [2.24, 2.45) is 11.8 Å². The van der Waals surface area contributed by atoms with Crippen molar-refractivity contribution in [2.45, 2.75) is 32.6 Å². The van der Waals surface area contributed by atoms with Gasteiger partial charge in [0.1, 0.15) is 0 Å². The number of nitrogen functional groups attached to an aromatic ring is 1. The molecule has 4 nitrogen and oxygen atoms in total. The molecule has 2 fully saturated rings. The smallest absolute Gasteiger partial charge is 0.237 e. The van der Waals surface area contributed by atoms with Gasteiger partial charge in [0.2, 0.25) is 11.8 Å². The summed E-state index contributed by atoms with van der Waals surface area (Å²) in [5, 5.41) is 0. The maximum absolute atomic E-state index is 12.5. The number of aryl methyl sites for hydroxylation is 1. The summed E-state index contributed by atoms with van der Waals surface area (Å²) in [7, 11) is 0. The quantitative estimate of drug-likeness (QED) is 0.633. The largest absolute Gasteiger partial charge is 0.398 e. The molecule has 0 aromatic heterocycles. The highest BCUT2D eigenvalue weighted by molar-refractivity contribution is 9.10. The van der Waals surface area contributed by atoms with Crippen LogP contribution in [0.1, 0.15) is 31.2 Å². The normalized spacial score (nSPS) is 26.0. The van der Waals surface area contributed by atoms with Crippen LogP contribution in [0.2, 0.25) is 0 Å². The van der Waals surface area contributed by atoms with Crippen LogP contribution in [0.5, 0.6) is 0 Å². The Bertz CT molecular complexity index is 576. The van der Waals surface area contributed by atoms with E-state index in [4.69, 9.17) is 5.73 Å². The molecular formula is C15H17BrN2O2. The number of nitrogens with two attached hydrogens (primary N) is 1. The second-order valence-electron chi connectivity index (χ2n) is 5.67. The Morgan fingerprint density at radius 2 is 1.70 bits per heavy atom. The third kappa shape index (κ3) is 1.95. The van der Waals surface area contributed by atoms with Gasteiger partial charge in [0.05, 0.1) is 17.5 Å². The van der Waals surface area contributed by atoms with Crippen LogP contribution >= 0.6 is 15.9 Å². The summed E-state index contributed by atoms with van der Waals surface area (Å²) in [4.78, 5) is 26.4. The summed E-state index contributed by atoms with van der Waals surface area (Å²) in [6, 6.07) is 3.57. The van der Waals surface area contributed by atoms with Crippen molar-refractivity contribution in [1.29, 1.82) is 0 Å². The second-order valence-corrected chi connectivity index (χ2v) is 6.52. The molecule has 1 heterocycles. The highest BCUT2D eigenvalue weighted by Gasteiger charge is 2.49. The van der Waals surface area contributed by atoms with E-state index in [1.165, 1.54) is 4.90 Å². The fourth-order valence-corrected chi connectivity index (χ4v) is 3.88. The monoisotopic (exact) mass is 336 g/mol. The van der Waals surface area contributed by atoms with Gasteiger partial charge in [0.25, 0.3) is 0 Å². The molecule has 2 unspecified atom stereocenters. The van der Waals surface area contributed by atoms with E-state index in [2.05, 4.69) is 15.9 Å². The van der Waals surface area contributed by atoms with Crippen LogP contribution in [0, 0.1) is 18.8 Å². The van der Waals surface area contributed by atoms with Gasteiger partial charge in [-0.2, -0.15) is 0 Å². The standard InChI is InChI=1S/C15H17BrN2O2/c1-8-6-11(16)13(7-12(8)17)18-14(19)9-4-2-3-5-10(9)15(18)20/h6-7,9-10H,2-5,17H2,1H3. The van der Waals surface area contributed by atoms with Crippen molar-refractivity contribution in [3.8, 4) is 0 Å². The second kappa shape index (κ2) is 4.88. The predicted octanol–water partition coefficient (Wildman–Crippen LogP) is 3.02. The molecule has 2 atom stereocenters. The highest BCUT2D eigenvalue weighted by Crippen LogP contribution is 2.42. The van der Waals surface area contributed by atoms with Gasteiger partial charge in [0, 0.05) is 10.2 Å². The van der Waals surface area contributed by atoms with Crippen LogP contribution in [-0.2, 0) is 9.59 Å². The summed E-state index contributed by atoms with van der Waals surface area (Å²) in [5.41, 5.74) is 8.03. The van der Waals surface area contributed by atoms with Crippen molar-refractivity contribution in [2.75, 3.05) is 10.6 Å². The van der Waals surface area contributed by atoms with Crippen LogP contribution in [0.4, 0.5) is 11.4 Å². The van der Waals surface area contributed by atoms with Gasteiger partial charge in [-0.05, 0) is 53.4 Å². The molecule has 1 aliphatic carbocycles. The summed E-state index contributed by atoms with van der Waals surface area (Å²) >= 11 is 3.44. The zero-order valence-corrected chi connectivity index (χ0v) is 12.9. The van der Waals surface area contributed by atoms with Crippen molar-refractivity contribution >= 4 is 39.1 Å². The van der Waals surface area contributed by atoms with Gasteiger partial charge >= 0.3 is 0 Å². The minimum absolute atomic E-state index is 0.0661. The van der Waals surface area contributed by atoms with Crippen LogP contribution in [0.15, 0.2) is 16.6 Å². The van der Waals surface area contributed by atoms with Crippen molar-refractivity contribution in [3.63, 3.8) is 0 Å². The van der Waals surface area contributed by atoms with E-state index in [1.807, 2.05) is 13.0 Å². The number of fused-ring (bicyclic) bond motifs is 1. The molecule has 1 aliphatic heterocycles. The first-order valence-electron chi connectivity index (χ1n) is 6.94. The van der Waals surface area contributed by atoms with E-state index in [0.29, 0.717) is 11.4 Å². The highest BCUT2D eigenvalue weighted by atomic mass is 79.9. The Morgan fingerprint density at radius 1 is 1.15 bits per heavy atom. The lowest BCUT2D eigenvalue weighted by molar-refractivity contribution is -0.122. The van der Waals surface area contributed by atoms with Gasteiger partial charge in [0.15, 0.2) is 0 Å². The van der Waals surface area contributed by atoms with Crippen LogP contribution < -0.4 is 10.6 Å². The maximum atomic E-state index is 12.5. The Hall–Kier alpha value is -1.36. The molecule has 1 saturated heterocycles. The Balaban J connectivity index is 2.04. The fraction of sp³-hybridized carbons (Fsp3) is 0.467. The molecule has 2 N–H and O–H groups in total. The Morgan fingerprint density at radius 3 is 2.25 bits per heavy atom. The van der Waals surface area contributed by atoms with E-state index >= 15 is 0 Å². The first-order valence-corrected chi connectivity index (χ1v) is 7.73. The first-order chi connectivity index (χ1) is 9.50. The summed E-state index contributed by atoms with van der Waals surface area (Å²) in [5.74, 6) is -0.399. The van der Waals surface area contributed by atoms with Crippen molar-refractivity contribution < 1.29 is 9.59 Å². The SMILES string of the molecule is Cc1cc(Br)c(N2C(=O)C3CCCCC3C2=O)cc1N. The molecule has 0 bridgehead atoms. The zero-order valence-electron chi connectivity index (χ0n) is 11.4. The predicted molar refractivity (Wildman–Crippen MR) is 81.2 cm³/mol. The Labute approximate surface area is 126 Å². The molecular weight excluding hydrogens is 320 g/mol. The minimum atomic E-state index is -0.134. The van der Waals surface area contributed by atoms with Crippen LogP contribution in [0.3, 0.4) is 0 Å². The molecule has 1 aromatic carbocycles. The molecule has 106 valence electrons.